The van der Waals surface area contributed by atoms with Crippen LogP contribution in [0.5, 0.6) is 0 Å². The van der Waals surface area contributed by atoms with Crippen LogP contribution in [0.2, 0.25) is 0 Å². The van der Waals surface area contributed by atoms with Gasteiger partial charge in [0.25, 0.3) is 10.0 Å². The van der Waals surface area contributed by atoms with Crippen molar-refractivity contribution in [1.82, 2.24) is 8.61 Å². The Morgan fingerprint density at radius 1 is 0.909 bits per heavy atom. The lowest BCUT2D eigenvalue weighted by Gasteiger charge is -2.36. The predicted octanol–water partition coefficient (Wildman–Crippen LogP) is 2.83. The van der Waals surface area contributed by atoms with Crippen molar-refractivity contribution >= 4 is 26.0 Å². The highest BCUT2D eigenvalue weighted by Crippen LogP contribution is 2.38. The van der Waals surface area contributed by atoms with Crippen LogP contribution in [0, 0.1) is 5.92 Å². The number of carbonyl (C=O) groups is 1. The Kier molecular flexibility index (Phi) is 6.38. The van der Waals surface area contributed by atoms with Gasteiger partial charge in [0.2, 0.25) is 15.9 Å². The Labute approximate surface area is 195 Å². The predicted molar refractivity (Wildman–Crippen MR) is 122 cm³/mol. The van der Waals surface area contributed by atoms with E-state index in [1.807, 2.05) is 0 Å². The molecule has 2 aromatic rings. The van der Waals surface area contributed by atoms with Gasteiger partial charge in [-0.3, -0.25) is 4.79 Å². The molecule has 0 N–H and O–H groups in total. The summed E-state index contributed by atoms with van der Waals surface area (Å²) >= 11 is 0. The minimum absolute atomic E-state index is 0.0672. The molecule has 2 heterocycles. The van der Waals surface area contributed by atoms with E-state index in [0.717, 1.165) is 4.31 Å². The molecular weight excluding hydrogens is 464 g/mol. The molecule has 0 radical (unpaired) electrons. The van der Waals surface area contributed by atoms with E-state index in [9.17, 15) is 21.6 Å². The third kappa shape index (κ3) is 4.44. The van der Waals surface area contributed by atoms with Gasteiger partial charge in [0.05, 0.1) is 22.4 Å². The number of carbonyl (C=O) groups excluding carboxylic acids is 1. The zero-order valence-corrected chi connectivity index (χ0v) is 20.3. The Morgan fingerprint density at radius 2 is 1.45 bits per heavy atom. The van der Waals surface area contributed by atoms with Gasteiger partial charge in [0, 0.05) is 12.5 Å². The van der Waals surface area contributed by atoms with Crippen LogP contribution in [0.1, 0.15) is 33.1 Å². The monoisotopic (exact) mass is 492 g/mol. The molecule has 0 saturated carbocycles. The molecule has 2 aromatic carbocycles. The van der Waals surface area contributed by atoms with Crippen LogP contribution >= 0.6 is 0 Å². The third-order valence-corrected chi connectivity index (χ3v) is 10.1. The van der Waals surface area contributed by atoms with E-state index in [2.05, 4.69) is 0 Å². The number of nitrogens with zero attached hydrogens (tertiary/aromatic N) is 2. The SMILES string of the molecule is CC1(C)OC[C@@H](CC2CCCN(S(=O)(=O)c3ccccc3)C2=O)N1S(=O)(=O)c1ccccc1. The molecule has 0 bridgehead atoms. The summed E-state index contributed by atoms with van der Waals surface area (Å²) in [6.07, 6.45) is 1.20. The molecule has 2 fully saturated rings. The van der Waals surface area contributed by atoms with Gasteiger partial charge >= 0.3 is 0 Å². The van der Waals surface area contributed by atoms with Gasteiger partial charge in [-0.05, 0) is 57.4 Å². The Morgan fingerprint density at radius 3 is 2.03 bits per heavy atom. The van der Waals surface area contributed by atoms with E-state index in [1.165, 1.54) is 28.6 Å². The minimum atomic E-state index is -3.96. The number of rotatable bonds is 6. The summed E-state index contributed by atoms with van der Waals surface area (Å²) in [7, 11) is -7.85. The van der Waals surface area contributed by atoms with Crippen molar-refractivity contribution in [2.45, 2.75) is 54.7 Å². The van der Waals surface area contributed by atoms with Crippen LogP contribution in [0.15, 0.2) is 70.5 Å². The van der Waals surface area contributed by atoms with Crippen molar-refractivity contribution < 1.29 is 26.4 Å². The summed E-state index contributed by atoms with van der Waals surface area (Å²) in [4.78, 5) is 13.5. The van der Waals surface area contributed by atoms with Crippen molar-refractivity contribution in [3.8, 4) is 0 Å². The zero-order chi connectivity index (χ0) is 23.9. The van der Waals surface area contributed by atoms with Gasteiger partial charge < -0.3 is 4.74 Å². The summed E-state index contributed by atoms with van der Waals surface area (Å²) in [5, 5.41) is 0. The van der Waals surface area contributed by atoms with Crippen molar-refractivity contribution in [3.63, 3.8) is 0 Å². The van der Waals surface area contributed by atoms with Gasteiger partial charge in [0.15, 0.2) is 0 Å². The smallest absolute Gasteiger partial charge is 0.266 e. The number of piperidine rings is 1. The molecule has 33 heavy (non-hydrogen) atoms. The fourth-order valence-corrected chi connectivity index (χ4v) is 8.06. The summed E-state index contributed by atoms with van der Waals surface area (Å²) < 4.78 is 61.1. The maximum absolute atomic E-state index is 13.4. The summed E-state index contributed by atoms with van der Waals surface area (Å²) in [5.74, 6) is -1.11. The highest BCUT2D eigenvalue weighted by molar-refractivity contribution is 7.89. The van der Waals surface area contributed by atoms with Crippen LogP contribution in [0.25, 0.3) is 0 Å². The second-order valence-electron chi connectivity index (χ2n) is 8.83. The maximum atomic E-state index is 13.4. The third-order valence-electron chi connectivity index (χ3n) is 6.19. The maximum Gasteiger partial charge on any atom is 0.266 e. The second-order valence-corrected chi connectivity index (χ2v) is 12.5. The first-order valence-corrected chi connectivity index (χ1v) is 13.8. The van der Waals surface area contributed by atoms with Gasteiger partial charge in [0.1, 0.15) is 5.72 Å². The van der Waals surface area contributed by atoms with E-state index >= 15 is 0 Å². The van der Waals surface area contributed by atoms with Gasteiger partial charge in [-0.25, -0.2) is 21.1 Å². The van der Waals surface area contributed by atoms with E-state index in [-0.39, 0.29) is 29.4 Å². The van der Waals surface area contributed by atoms with Crippen LogP contribution in [0.3, 0.4) is 0 Å². The van der Waals surface area contributed by atoms with Crippen molar-refractivity contribution in [2.75, 3.05) is 13.2 Å². The van der Waals surface area contributed by atoms with Crippen LogP contribution in [-0.4, -0.2) is 56.3 Å². The molecule has 178 valence electrons. The molecule has 1 amide bonds. The molecule has 0 aromatic heterocycles. The Balaban J connectivity index is 1.59. The molecule has 2 aliphatic rings. The lowest BCUT2D eigenvalue weighted by Crippen LogP contribution is -2.50. The second kappa shape index (κ2) is 8.83. The molecule has 4 rings (SSSR count). The summed E-state index contributed by atoms with van der Waals surface area (Å²) in [5.41, 5.74) is -1.09. The van der Waals surface area contributed by atoms with Gasteiger partial charge in [-0.1, -0.05) is 36.4 Å². The molecule has 2 atom stereocenters. The van der Waals surface area contributed by atoms with E-state index < -0.39 is 43.6 Å². The molecular formula is C23H28N2O6S2. The van der Waals surface area contributed by atoms with Crippen LogP contribution in [-0.2, 0) is 29.6 Å². The first-order chi connectivity index (χ1) is 15.5. The molecule has 10 heteroatoms. The van der Waals surface area contributed by atoms with Gasteiger partial charge in [-0.2, -0.15) is 4.31 Å². The Bertz CT molecular complexity index is 1210. The normalized spacial score (nSPS) is 24.2. The molecule has 0 aliphatic carbocycles. The van der Waals surface area contributed by atoms with E-state index in [1.54, 1.807) is 50.2 Å². The highest BCUT2D eigenvalue weighted by atomic mass is 32.2. The van der Waals surface area contributed by atoms with E-state index in [0.29, 0.717) is 12.8 Å². The number of ether oxygens (including phenoxy) is 1. The standard InChI is InChI=1S/C23H28N2O6S2/c1-23(2)25(33(29,30)21-13-7-4-8-14-21)19(17-31-23)16-18-10-9-15-24(22(18)26)32(27,28)20-11-5-3-6-12-20/h3-8,11-14,18-19H,9-10,15-17H2,1-2H3/t18?,19-/m1/s1. The number of benzene rings is 2. The number of sulfonamides is 2. The first kappa shape index (κ1) is 23.9. The van der Waals surface area contributed by atoms with Gasteiger partial charge in [-0.15, -0.1) is 0 Å². The molecule has 1 unspecified atom stereocenters. The zero-order valence-electron chi connectivity index (χ0n) is 18.6. The average Bonchev–Trinajstić information content (AvgIpc) is 3.10. The summed E-state index contributed by atoms with van der Waals surface area (Å²) in [6, 6.07) is 15.4. The largest absolute Gasteiger partial charge is 0.358 e. The molecule has 2 aliphatic heterocycles. The minimum Gasteiger partial charge on any atom is -0.358 e. The number of amides is 1. The molecule has 0 spiro atoms. The van der Waals surface area contributed by atoms with Crippen molar-refractivity contribution in [3.05, 3.63) is 60.7 Å². The molecule has 2 saturated heterocycles. The average molecular weight is 493 g/mol. The van der Waals surface area contributed by atoms with E-state index in [4.69, 9.17) is 4.74 Å². The number of hydrogen-bond acceptors (Lipinski definition) is 6. The lowest BCUT2D eigenvalue weighted by molar-refractivity contribution is -0.133. The summed E-state index contributed by atoms with van der Waals surface area (Å²) in [6.45, 7) is 3.62. The highest BCUT2D eigenvalue weighted by Gasteiger charge is 2.50. The van der Waals surface area contributed by atoms with Crippen molar-refractivity contribution in [2.24, 2.45) is 5.92 Å². The fourth-order valence-electron chi connectivity index (χ4n) is 4.65. The quantitative estimate of drug-likeness (QED) is 0.615. The Hall–Kier alpha value is -2.27. The van der Waals surface area contributed by atoms with Crippen LogP contribution in [0.4, 0.5) is 0 Å². The lowest BCUT2D eigenvalue weighted by atomic mass is 9.92. The fraction of sp³-hybridized carbons (Fsp3) is 0.435. The molecule has 8 nitrogen and oxygen atoms in total. The van der Waals surface area contributed by atoms with Crippen molar-refractivity contribution in [1.29, 1.82) is 0 Å². The topological polar surface area (TPSA) is 101 Å². The van der Waals surface area contributed by atoms with Crippen LogP contribution < -0.4 is 0 Å². The number of hydrogen-bond donors (Lipinski definition) is 0. The first-order valence-electron chi connectivity index (χ1n) is 10.9.